The zero-order valence-corrected chi connectivity index (χ0v) is 26.3. The molecule has 11 nitrogen and oxygen atoms in total. The van der Waals surface area contributed by atoms with Crippen LogP contribution in [0.5, 0.6) is 5.75 Å². The summed E-state index contributed by atoms with van der Waals surface area (Å²) in [5, 5.41) is 14.7. The molecule has 6 rings (SSSR count). The van der Waals surface area contributed by atoms with Gasteiger partial charge in [-0.2, -0.15) is 4.98 Å². The van der Waals surface area contributed by atoms with Gasteiger partial charge >= 0.3 is 5.69 Å². The van der Waals surface area contributed by atoms with Crippen molar-refractivity contribution in [3.63, 3.8) is 0 Å². The minimum Gasteiger partial charge on any atom is -0.507 e. The van der Waals surface area contributed by atoms with Crippen LogP contribution in [0, 0.1) is 5.82 Å². The number of rotatable bonds is 5. The first kappa shape index (κ1) is 30.4. The summed E-state index contributed by atoms with van der Waals surface area (Å²) in [6.45, 7) is 13.2. The molecule has 1 amide bonds. The van der Waals surface area contributed by atoms with Gasteiger partial charge in [0.05, 0.1) is 38.7 Å². The molecule has 1 fully saturated rings. The molecule has 13 heteroatoms. The monoisotopic (exact) mass is 632 g/mol. The van der Waals surface area contributed by atoms with E-state index in [1.165, 1.54) is 35.2 Å². The number of carbonyl (C=O) groups is 1. The van der Waals surface area contributed by atoms with E-state index >= 15 is 4.39 Å². The van der Waals surface area contributed by atoms with Gasteiger partial charge in [0, 0.05) is 32.2 Å². The molecule has 2 aliphatic heterocycles. The summed E-state index contributed by atoms with van der Waals surface area (Å²) >= 11 is 7.03. The molecule has 0 bridgehead atoms. The molecule has 0 radical (unpaired) electrons. The van der Waals surface area contributed by atoms with Crippen molar-refractivity contribution in [1.29, 1.82) is 0 Å². The van der Waals surface area contributed by atoms with Gasteiger partial charge in [-0.3, -0.25) is 4.79 Å². The zero-order chi connectivity index (χ0) is 32.2. The Morgan fingerprint density at radius 2 is 1.87 bits per heavy atom. The van der Waals surface area contributed by atoms with Gasteiger partial charge in [-0.05, 0) is 36.5 Å². The number of aromatic nitrogens is 5. The van der Waals surface area contributed by atoms with Crippen LogP contribution in [0.25, 0.3) is 28.0 Å². The van der Waals surface area contributed by atoms with Crippen molar-refractivity contribution in [1.82, 2.24) is 29.4 Å². The summed E-state index contributed by atoms with van der Waals surface area (Å²) in [7, 11) is 0. The van der Waals surface area contributed by atoms with Gasteiger partial charge < -0.3 is 20.2 Å². The molecule has 45 heavy (non-hydrogen) atoms. The van der Waals surface area contributed by atoms with Crippen molar-refractivity contribution in [2.75, 3.05) is 36.4 Å². The van der Waals surface area contributed by atoms with Crippen LogP contribution in [-0.2, 0) is 4.79 Å². The number of piperazine rings is 1. The summed E-state index contributed by atoms with van der Waals surface area (Å²) in [6, 6.07) is 3.79. The lowest BCUT2D eigenvalue weighted by Gasteiger charge is -2.43. The van der Waals surface area contributed by atoms with Crippen molar-refractivity contribution >= 4 is 40.0 Å². The van der Waals surface area contributed by atoms with E-state index in [0.717, 1.165) is 0 Å². The highest BCUT2D eigenvalue weighted by Gasteiger charge is 2.36. The Bertz CT molecular complexity index is 1860. The van der Waals surface area contributed by atoms with Gasteiger partial charge in [0.1, 0.15) is 29.4 Å². The van der Waals surface area contributed by atoms with E-state index < -0.39 is 11.5 Å². The number of pyridine rings is 1. The predicted octanol–water partition coefficient (Wildman–Crippen LogP) is 5.00. The smallest absolute Gasteiger partial charge is 0.355 e. The average molecular weight is 633 g/mol. The predicted molar refractivity (Wildman–Crippen MR) is 172 cm³/mol. The number of halogens is 2. The van der Waals surface area contributed by atoms with E-state index in [4.69, 9.17) is 16.6 Å². The molecule has 0 aliphatic carbocycles. The van der Waals surface area contributed by atoms with Crippen molar-refractivity contribution in [2.24, 2.45) is 0 Å². The highest BCUT2D eigenvalue weighted by molar-refractivity contribution is 6.37. The molecule has 1 unspecified atom stereocenters. The van der Waals surface area contributed by atoms with Gasteiger partial charge in [0.2, 0.25) is 5.91 Å². The zero-order valence-electron chi connectivity index (χ0n) is 25.5. The first-order valence-electron chi connectivity index (χ1n) is 14.9. The molecular weight excluding hydrogens is 599 g/mol. The number of nitrogens with one attached hydrogen (secondary N) is 1. The highest BCUT2D eigenvalue weighted by Crippen LogP contribution is 2.45. The van der Waals surface area contributed by atoms with Crippen LogP contribution < -0.4 is 15.9 Å². The number of hydrogen-bond acceptors (Lipinski definition) is 9. The van der Waals surface area contributed by atoms with Crippen LogP contribution >= 0.6 is 11.6 Å². The lowest BCUT2D eigenvalue weighted by atomic mass is 10.0. The topological polar surface area (TPSA) is 129 Å². The number of benzene rings is 1. The molecule has 3 aromatic heterocycles. The maximum atomic E-state index is 15.4. The second-order valence-electron chi connectivity index (χ2n) is 11.9. The fraction of sp³-hybridized carbons (Fsp3) is 0.375. The van der Waals surface area contributed by atoms with Crippen LogP contribution in [0.3, 0.4) is 0 Å². The van der Waals surface area contributed by atoms with Gasteiger partial charge in [-0.15, -0.1) is 0 Å². The SMILES string of the molecule is C=CC(=O)N1CCN2c3nc(=O)n(-c4c(C(C)C)ncnc4C(C)C)c4nc(-c5c(O)cccc5F)c(Cl)c(c34)NCCC2C1. The Morgan fingerprint density at radius 3 is 2.51 bits per heavy atom. The van der Waals surface area contributed by atoms with Crippen molar-refractivity contribution in [2.45, 2.75) is 52.0 Å². The molecule has 234 valence electrons. The minimum atomic E-state index is -0.721. The Balaban J connectivity index is 1.74. The molecular formula is C32H34ClFN8O3. The highest BCUT2D eigenvalue weighted by atomic mass is 35.5. The standard InChI is InChI=1S/C32H34ClFN8O3/c1-6-21(44)40-12-13-41-18(14-40)10-11-35-27-23-30(41)39-32(45)42(29-25(16(2)3)36-15-37-26(29)17(4)5)31(23)38-28(24(27)33)22-19(34)8-7-9-20(22)43/h6-9,15-18,35,43H,1,10-14H2,2-5H3. The molecule has 5 heterocycles. The number of carbonyl (C=O) groups excluding carboxylic acids is 1. The Labute approximate surface area is 264 Å². The van der Waals surface area contributed by atoms with E-state index in [1.807, 2.05) is 32.6 Å². The number of amides is 1. The van der Waals surface area contributed by atoms with Crippen LogP contribution in [-0.4, -0.2) is 72.6 Å². The van der Waals surface area contributed by atoms with Crippen LogP contribution in [0.4, 0.5) is 15.9 Å². The number of anilines is 2. The number of phenolic OH excluding ortho intramolecular Hbond substituents is 1. The van der Waals surface area contributed by atoms with E-state index in [9.17, 15) is 14.7 Å². The average Bonchev–Trinajstić information content (AvgIpc) is 3.00. The second-order valence-corrected chi connectivity index (χ2v) is 12.3. The van der Waals surface area contributed by atoms with Gasteiger partial charge in [0.15, 0.2) is 5.65 Å². The third kappa shape index (κ3) is 5.06. The van der Waals surface area contributed by atoms with Crippen molar-refractivity contribution < 1.29 is 14.3 Å². The lowest BCUT2D eigenvalue weighted by molar-refractivity contribution is -0.126. The van der Waals surface area contributed by atoms with Gasteiger partial charge in [-0.1, -0.05) is 51.9 Å². The largest absolute Gasteiger partial charge is 0.507 e. The quantitative estimate of drug-likeness (QED) is 0.292. The van der Waals surface area contributed by atoms with Crippen LogP contribution in [0.15, 0.2) is 42.0 Å². The Kier molecular flexibility index (Phi) is 7.94. The van der Waals surface area contributed by atoms with E-state index in [0.29, 0.717) is 66.6 Å². The van der Waals surface area contributed by atoms with Crippen molar-refractivity contribution in [3.05, 3.63) is 69.9 Å². The lowest BCUT2D eigenvalue weighted by Crippen LogP contribution is -2.56. The summed E-state index contributed by atoms with van der Waals surface area (Å²) in [4.78, 5) is 49.2. The Hall–Kier alpha value is -4.58. The normalized spacial score (nSPS) is 16.4. The molecule has 2 aliphatic rings. The van der Waals surface area contributed by atoms with E-state index in [2.05, 4.69) is 26.8 Å². The first-order chi connectivity index (χ1) is 21.5. The summed E-state index contributed by atoms with van der Waals surface area (Å²) in [5.74, 6) is -1.06. The number of phenols is 1. The van der Waals surface area contributed by atoms with Gasteiger partial charge in [0.25, 0.3) is 0 Å². The number of hydrogen-bond donors (Lipinski definition) is 2. The molecule has 1 aromatic carbocycles. The van der Waals surface area contributed by atoms with Crippen molar-refractivity contribution in [3.8, 4) is 22.7 Å². The summed E-state index contributed by atoms with van der Waals surface area (Å²) in [6.07, 6.45) is 3.37. The first-order valence-corrected chi connectivity index (χ1v) is 15.3. The minimum absolute atomic E-state index is 0.0277. The number of fused-ring (bicyclic) bond motifs is 2. The van der Waals surface area contributed by atoms with Crippen LogP contribution in [0.1, 0.15) is 57.3 Å². The number of aromatic hydroxyl groups is 1. The second kappa shape index (κ2) is 11.7. The third-order valence-electron chi connectivity index (χ3n) is 8.39. The molecule has 1 atom stereocenters. The third-order valence-corrected chi connectivity index (χ3v) is 8.76. The molecule has 2 N–H and O–H groups in total. The maximum Gasteiger partial charge on any atom is 0.355 e. The van der Waals surface area contributed by atoms with E-state index in [-0.39, 0.29) is 51.5 Å². The molecule has 0 saturated carbocycles. The fourth-order valence-electron chi connectivity index (χ4n) is 6.25. The van der Waals surface area contributed by atoms with Crippen LogP contribution in [0.2, 0.25) is 5.02 Å². The summed E-state index contributed by atoms with van der Waals surface area (Å²) in [5.41, 5.74) is 1.44. The molecule has 1 saturated heterocycles. The summed E-state index contributed by atoms with van der Waals surface area (Å²) < 4.78 is 16.7. The fourth-order valence-corrected chi connectivity index (χ4v) is 6.55. The van der Waals surface area contributed by atoms with E-state index in [1.54, 1.807) is 4.90 Å². The molecule has 4 aromatic rings. The van der Waals surface area contributed by atoms with Gasteiger partial charge in [-0.25, -0.2) is 28.7 Å². The Morgan fingerprint density at radius 1 is 1.16 bits per heavy atom. The number of nitrogens with zero attached hydrogens (tertiary/aromatic N) is 7. The molecule has 0 spiro atoms. The maximum absolute atomic E-state index is 15.4.